The van der Waals surface area contributed by atoms with Gasteiger partial charge in [-0.25, -0.2) is 4.79 Å². The average molecular weight is 161 g/mol. The van der Waals surface area contributed by atoms with Gasteiger partial charge in [0.2, 0.25) is 0 Å². The van der Waals surface area contributed by atoms with Gasteiger partial charge < -0.3 is 14.2 Å². The van der Waals surface area contributed by atoms with Crippen molar-refractivity contribution in [2.75, 3.05) is 26.9 Å². The third kappa shape index (κ3) is 5.82. The summed E-state index contributed by atoms with van der Waals surface area (Å²) in [6.45, 7) is 4.52. The van der Waals surface area contributed by atoms with Crippen molar-refractivity contribution in [2.45, 2.75) is 13.0 Å². The van der Waals surface area contributed by atoms with E-state index in [9.17, 15) is 4.79 Å². The van der Waals surface area contributed by atoms with Crippen LogP contribution in [-0.2, 0) is 19.0 Å². The monoisotopic (exact) mass is 161 g/mol. The molecule has 0 heterocycles. The molecular formula is C7H13O4. The second kappa shape index (κ2) is 7.50. The maximum Gasteiger partial charge on any atom is 0.417 e. The van der Waals surface area contributed by atoms with Crippen LogP contribution >= 0.6 is 0 Å². The Morgan fingerprint density at radius 2 is 2.18 bits per heavy atom. The fourth-order valence-electron chi connectivity index (χ4n) is 0.619. The van der Waals surface area contributed by atoms with Crippen molar-refractivity contribution in [3.63, 3.8) is 0 Å². The van der Waals surface area contributed by atoms with Crippen LogP contribution in [0.1, 0.15) is 6.92 Å². The van der Waals surface area contributed by atoms with Crippen LogP contribution < -0.4 is 0 Å². The number of ether oxygens (including phenoxy) is 3. The lowest BCUT2D eigenvalue weighted by molar-refractivity contribution is 0.00335. The van der Waals surface area contributed by atoms with Gasteiger partial charge in [-0.05, 0) is 6.92 Å². The van der Waals surface area contributed by atoms with Gasteiger partial charge in [0.25, 0.3) is 0 Å². The van der Waals surface area contributed by atoms with Crippen LogP contribution in [0, 0.1) is 0 Å². The number of rotatable bonds is 7. The highest BCUT2D eigenvalue weighted by molar-refractivity contribution is 5.38. The average Bonchev–Trinajstić information content (AvgIpc) is 2.01. The van der Waals surface area contributed by atoms with E-state index in [0.29, 0.717) is 19.8 Å². The summed E-state index contributed by atoms with van der Waals surface area (Å²) in [6.07, 6.45) is -0.336. The Kier molecular flexibility index (Phi) is 7.08. The van der Waals surface area contributed by atoms with Crippen molar-refractivity contribution in [1.82, 2.24) is 0 Å². The van der Waals surface area contributed by atoms with Crippen molar-refractivity contribution < 1.29 is 19.0 Å². The van der Waals surface area contributed by atoms with E-state index >= 15 is 0 Å². The molecule has 11 heavy (non-hydrogen) atoms. The number of hydrogen-bond donors (Lipinski definition) is 0. The zero-order chi connectivity index (χ0) is 8.53. The molecule has 0 aromatic rings. The predicted octanol–water partition coefficient (Wildman–Crippen LogP) is 0.122. The molecule has 4 nitrogen and oxygen atoms in total. The summed E-state index contributed by atoms with van der Waals surface area (Å²) >= 11 is 0. The van der Waals surface area contributed by atoms with E-state index in [1.54, 1.807) is 0 Å². The Bertz CT molecular complexity index is 94.4. The Morgan fingerprint density at radius 1 is 1.45 bits per heavy atom. The van der Waals surface area contributed by atoms with Crippen molar-refractivity contribution in [2.24, 2.45) is 0 Å². The zero-order valence-corrected chi connectivity index (χ0v) is 6.83. The first-order valence-electron chi connectivity index (χ1n) is 3.44. The number of hydrogen-bond acceptors (Lipinski definition) is 4. The van der Waals surface area contributed by atoms with Crippen molar-refractivity contribution in [3.8, 4) is 0 Å². The highest BCUT2D eigenvalue weighted by Crippen LogP contribution is 1.91. The lowest BCUT2D eigenvalue weighted by atomic mass is 10.4. The second-order valence-corrected chi connectivity index (χ2v) is 1.94. The van der Waals surface area contributed by atoms with Crippen LogP contribution in [0.25, 0.3) is 0 Å². The molecule has 1 atom stereocenters. The first-order valence-corrected chi connectivity index (χ1v) is 3.44. The van der Waals surface area contributed by atoms with E-state index in [4.69, 9.17) is 9.47 Å². The van der Waals surface area contributed by atoms with E-state index in [0.717, 1.165) is 0 Å². The molecule has 0 aliphatic carbocycles. The lowest BCUT2D eigenvalue weighted by Crippen LogP contribution is -2.24. The van der Waals surface area contributed by atoms with E-state index in [1.165, 1.54) is 13.6 Å². The van der Waals surface area contributed by atoms with Crippen LogP contribution in [0.4, 0.5) is 0 Å². The van der Waals surface area contributed by atoms with Crippen LogP contribution in [-0.4, -0.2) is 39.5 Å². The topological polar surface area (TPSA) is 44.8 Å². The Labute approximate surface area is 66.4 Å². The molecular weight excluding hydrogens is 148 g/mol. The van der Waals surface area contributed by atoms with E-state index in [-0.39, 0.29) is 6.10 Å². The first kappa shape index (κ1) is 10.4. The van der Waals surface area contributed by atoms with Crippen molar-refractivity contribution in [3.05, 3.63) is 0 Å². The standard InChI is InChI=1S/C7H13O4/c1-3-10-5-7(4-9-2)11-6-8/h7H,3-5H2,1-2H3. The smallest absolute Gasteiger partial charge is 0.417 e. The van der Waals surface area contributed by atoms with Gasteiger partial charge in [-0.2, -0.15) is 0 Å². The number of methoxy groups -OCH3 is 1. The molecule has 0 N–H and O–H groups in total. The maximum absolute atomic E-state index is 9.79. The first-order chi connectivity index (χ1) is 5.35. The largest absolute Gasteiger partial charge is 0.449 e. The molecule has 0 aromatic heterocycles. The molecule has 65 valence electrons. The highest BCUT2D eigenvalue weighted by Gasteiger charge is 2.08. The van der Waals surface area contributed by atoms with E-state index < -0.39 is 0 Å². The van der Waals surface area contributed by atoms with Gasteiger partial charge in [0, 0.05) is 13.7 Å². The molecule has 1 unspecified atom stereocenters. The SMILES string of the molecule is CCOCC(COC)O[C]=O. The molecule has 0 spiro atoms. The lowest BCUT2D eigenvalue weighted by Gasteiger charge is -2.12. The molecule has 0 saturated carbocycles. The molecule has 0 rings (SSSR count). The Hall–Kier alpha value is -0.610. The van der Waals surface area contributed by atoms with Gasteiger partial charge in [-0.3, -0.25) is 0 Å². The summed E-state index contributed by atoms with van der Waals surface area (Å²) in [6, 6.07) is 0. The summed E-state index contributed by atoms with van der Waals surface area (Å²) < 4.78 is 14.3. The van der Waals surface area contributed by atoms with E-state index in [2.05, 4.69) is 4.74 Å². The maximum atomic E-state index is 9.79. The zero-order valence-electron chi connectivity index (χ0n) is 6.83. The minimum atomic E-state index is -0.336. The van der Waals surface area contributed by atoms with Crippen LogP contribution in [0.3, 0.4) is 0 Å². The highest BCUT2D eigenvalue weighted by atomic mass is 16.6. The van der Waals surface area contributed by atoms with Crippen LogP contribution in [0.5, 0.6) is 0 Å². The van der Waals surface area contributed by atoms with Crippen molar-refractivity contribution >= 4 is 6.47 Å². The van der Waals surface area contributed by atoms with Gasteiger partial charge in [0.1, 0.15) is 6.10 Å². The Morgan fingerprint density at radius 3 is 2.64 bits per heavy atom. The molecule has 4 heteroatoms. The normalized spacial score (nSPS) is 12.5. The van der Waals surface area contributed by atoms with Crippen molar-refractivity contribution in [1.29, 1.82) is 0 Å². The quantitative estimate of drug-likeness (QED) is 0.532. The van der Waals surface area contributed by atoms with Gasteiger partial charge in [-0.1, -0.05) is 0 Å². The minimum absolute atomic E-state index is 0.336. The molecule has 0 aromatic carbocycles. The van der Waals surface area contributed by atoms with Gasteiger partial charge in [-0.15, -0.1) is 0 Å². The van der Waals surface area contributed by atoms with Gasteiger partial charge >= 0.3 is 6.47 Å². The molecule has 0 aliphatic rings. The molecule has 0 amide bonds. The molecule has 0 bridgehead atoms. The molecule has 0 saturated heterocycles. The number of carbonyl (C=O) groups excluding carboxylic acids is 1. The summed E-state index contributed by atoms with van der Waals surface area (Å²) in [7, 11) is 1.53. The third-order valence-corrected chi connectivity index (χ3v) is 1.08. The van der Waals surface area contributed by atoms with Gasteiger partial charge in [0.15, 0.2) is 0 Å². The van der Waals surface area contributed by atoms with Gasteiger partial charge in [0.05, 0.1) is 13.2 Å². The fourth-order valence-corrected chi connectivity index (χ4v) is 0.619. The summed E-state index contributed by atoms with van der Waals surface area (Å²) in [4.78, 5) is 9.79. The third-order valence-electron chi connectivity index (χ3n) is 1.08. The van der Waals surface area contributed by atoms with E-state index in [1.807, 2.05) is 6.92 Å². The summed E-state index contributed by atoms with van der Waals surface area (Å²) in [5, 5.41) is 0. The molecule has 0 fully saturated rings. The molecule has 0 aliphatic heterocycles. The minimum Gasteiger partial charge on any atom is -0.449 e. The molecule has 1 radical (unpaired) electrons. The Balaban J connectivity index is 3.41. The predicted molar refractivity (Wildman–Crippen MR) is 38.9 cm³/mol. The van der Waals surface area contributed by atoms with Crippen LogP contribution in [0.2, 0.25) is 0 Å². The second-order valence-electron chi connectivity index (χ2n) is 1.94. The fraction of sp³-hybridized carbons (Fsp3) is 0.857. The van der Waals surface area contributed by atoms with Crippen LogP contribution in [0.15, 0.2) is 0 Å². The summed E-state index contributed by atoms with van der Waals surface area (Å²) in [5.41, 5.74) is 0. The summed E-state index contributed by atoms with van der Waals surface area (Å²) in [5.74, 6) is 0.